The Morgan fingerprint density at radius 2 is 2.29 bits per heavy atom. The maximum absolute atomic E-state index is 11.7. The lowest BCUT2D eigenvalue weighted by atomic mass is 10.2. The molecule has 0 saturated heterocycles. The van der Waals surface area contributed by atoms with Gasteiger partial charge in [0.25, 0.3) is 5.91 Å². The average Bonchev–Trinajstić information content (AvgIpc) is 2.37. The number of pyridine rings is 1. The molecule has 1 heterocycles. The summed E-state index contributed by atoms with van der Waals surface area (Å²) < 4.78 is 0. The fourth-order valence-corrected chi connectivity index (χ4v) is 1.27. The first-order chi connectivity index (χ1) is 8.29. The largest absolute Gasteiger partial charge is 0.410 e. The van der Waals surface area contributed by atoms with E-state index in [0.717, 1.165) is 13.0 Å². The molecule has 0 spiro atoms. The van der Waals surface area contributed by atoms with Gasteiger partial charge in [0, 0.05) is 12.7 Å². The highest BCUT2D eigenvalue weighted by Crippen LogP contribution is 1.96. The van der Waals surface area contributed by atoms with Crippen LogP contribution in [0.3, 0.4) is 0 Å². The fraction of sp³-hybridized carbons (Fsp3) is 0.364. The highest BCUT2D eigenvalue weighted by molar-refractivity contribution is 6.44. The predicted molar refractivity (Wildman–Crippen MR) is 64.1 cm³/mol. The molecule has 6 nitrogen and oxygen atoms in total. The summed E-state index contributed by atoms with van der Waals surface area (Å²) in [5, 5.41) is 17.4. The van der Waals surface area contributed by atoms with Gasteiger partial charge in [0.2, 0.25) is 0 Å². The van der Waals surface area contributed by atoms with Crippen molar-refractivity contribution in [3.05, 3.63) is 30.1 Å². The lowest BCUT2D eigenvalue weighted by molar-refractivity contribution is -0.114. The normalized spacial score (nSPS) is 11.2. The summed E-state index contributed by atoms with van der Waals surface area (Å²) in [6, 6.07) is 5.06. The van der Waals surface area contributed by atoms with E-state index in [1.54, 1.807) is 18.2 Å². The Hall–Kier alpha value is -1.95. The number of carbonyl (C=O) groups excluding carboxylic acids is 1. The van der Waals surface area contributed by atoms with E-state index in [1.807, 2.05) is 7.05 Å². The number of amides is 1. The van der Waals surface area contributed by atoms with E-state index in [-0.39, 0.29) is 5.71 Å². The first kappa shape index (κ1) is 13.1. The molecule has 0 fully saturated rings. The Labute approximate surface area is 99.7 Å². The van der Waals surface area contributed by atoms with Crippen molar-refractivity contribution in [1.29, 1.82) is 0 Å². The monoisotopic (exact) mass is 236 g/mol. The van der Waals surface area contributed by atoms with Gasteiger partial charge in [-0.1, -0.05) is 11.2 Å². The minimum absolute atomic E-state index is 0.0740. The standard InChI is InChI=1S/C11H16N4O2/c1-12-6-4-8-14-11(16)10(15-17)9-5-2-3-7-13-9/h2-3,5,7,12,17H,4,6,8H2,1H3,(H,14,16)/b15-10+. The summed E-state index contributed by atoms with van der Waals surface area (Å²) >= 11 is 0. The molecule has 6 heteroatoms. The molecule has 3 N–H and O–H groups in total. The third kappa shape index (κ3) is 4.20. The molecular formula is C11H16N4O2. The molecule has 0 aliphatic carbocycles. The molecule has 0 saturated carbocycles. The van der Waals surface area contributed by atoms with E-state index >= 15 is 0 Å². The maximum atomic E-state index is 11.7. The molecule has 0 bridgehead atoms. The van der Waals surface area contributed by atoms with Crippen LogP contribution in [0.2, 0.25) is 0 Å². The second-order valence-corrected chi connectivity index (χ2v) is 3.38. The van der Waals surface area contributed by atoms with Crippen molar-refractivity contribution in [1.82, 2.24) is 15.6 Å². The topological polar surface area (TPSA) is 86.6 Å². The van der Waals surface area contributed by atoms with Crippen LogP contribution in [0.4, 0.5) is 0 Å². The minimum Gasteiger partial charge on any atom is -0.410 e. The maximum Gasteiger partial charge on any atom is 0.275 e. The van der Waals surface area contributed by atoms with Crippen molar-refractivity contribution < 1.29 is 10.0 Å². The zero-order valence-electron chi connectivity index (χ0n) is 9.68. The third-order valence-corrected chi connectivity index (χ3v) is 2.11. The Morgan fingerprint density at radius 3 is 2.88 bits per heavy atom. The second kappa shape index (κ2) is 7.34. The van der Waals surface area contributed by atoms with Crippen LogP contribution >= 0.6 is 0 Å². The van der Waals surface area contributed by atoms with Crippen LogP contribution in [0.15, 0.2) is 29.6 Å². The summed E-state index contributed by atoms with van der Waals surface area (Å²) in [4.78, 5) is 15.6. The number of hydrogen-bond donors (Lipinski definition) is 3. The lowest BCUT2D eigenvalue weighted by Gasteiger charge is -2.05. The number of rotatable bonds is 6. The van der Waals surface area contributed by atoms with E-state index in [1.165, 1.54) is 6.20 Å². The predicted octanol–water partition coefficient (Wildman–Crippen LogP) is -0.0144. The first-order valence-corrected chi connectivity index (χ1v) is 5.36. The number of carbonyl (C=O) groups is 1. The van der Waals surface area contributed by atoms with Crippen molar-refractivity contribution in [3.63, 3.8) is 0 Å². The van der Waals surface area contributed by atoms with Gasteiger partial charge in [-0.05, 0) is 32.1 Å². The van der Waals surface area contributed by atoms with E-state index in [4.69, 9.17) is 5.21 Å². The van der Waals surface area contributed by atoms with Crippen molar-refractivity contribution in [2.75, 3.05) is 20.1 Å². The Bertz CT molecular complexity index is 378. The van der Waals surface area contributed by atoms with Gasteiger partial charge in [0.15, 0.2) is 5.71 Å². The molecular weight excluding hydrogens is 220 g/mol. The summed E-state index contributed by atoms with van der Waals surface area (Å²) in [5.74, 6) is -0.428. The molecule has 17 heavy (non-hydrogen) atoms. The zero-order chi connectivity index (χ0) is 12.5. The molecule has 1 aromatic rings. The van der Waals surface area contributed by atoms with Gasteiger partial charge in [0.1, 0.15) is 0 Å². The molecule has 0 aliphatic heterocycles. The smallest absolute Gasteiger partial charge is 0.275 e. The molecule has 92 valence electrons. The number of hydrogen-bond acceptors (Lipinski definition) is 5. The number of oxime groups is 1. The van der Waals surface area contributed by atoms with Crippen LogP contribution in [0.5, 0.6) is 0 Å². The molecule has 0 unspecified atom stereocenters. The van der Waals surface area contributed by atoms with Gasteiger partial charge in [-0.25, -0.2) is 0 Å². The van der Waals surface area contributed by atoms with Gasteiger partial charge >= 0.3 is 0 Å². The van der Waals surface area contributed by atoms with Gasteiger partial charge in [0.05, 0.1) is 5.69 Å². The molecule has 1 rings (SSSR count). The Morgan fingerprint density at radius 1 is 1.47 bits per heavy atom. The van der Waals surface area contributed by atoms with Gasteiger partial charge in [-0.2, -0.15) is 0 Å². The van der Waals surface area contributed by atoms with Gasteiger partial charge in [-0.3, -0.25) is 9.78 Å². The van der Waals surface area contributed by atoms with Crippen LogP contribution in [0.1, 0.15) is 12.1 Å². The Kier molecular flexibility index (Phi) is 5.67. The summed E-state index contributed by atoms with van der Waals surface area (Å²) in [6.07, 6.45) is 2.35. The van der Waals surface area contributed by atoms with E-state index in [2.05, 4.69) is 20.8 Å². The summed E-state index contributed by atoms with van der Waals surface area (Å²) in [6.45, 7) is 1.33. The SMILES string of the molecule is CNCCCNC(=O)/C(=N/O)c1ccccn1. The molecule has 0 aliphatic rings. The number of nitrogens with zero attached hydrogens (tertiary/aromatic N) is 2. The third-order valence-electron chi connectivity index (χ3n) is 2.11. The summed E-state index contributed by atoms with van der Waals surface area (Å²) in [5.41, 5.74) is 0.274. The van der Waals surface area contributed by atoms with Crippen LogP contribution in [0, 0.1) is 0 Å². The second-order valence-electron chi connectivity index (χ2n) is 3.38. The minimum atomic E-state index is -0.428. The van der Waals surface area contributed by atoms with Crippen LogP contribution in [-0.4, -0.2) is 41.9 Å². The summed E-state index contributed by atoms with van der Waals surface area (Å²) in [7, 11) is 1.84. The van der Waals surface area contributed by atoms with Crippen molar-refractivity contribution in [3.8, 4) is 0 Å². The highest BCUT2D eigenvalue weighted by atomic mass is 16.4. The quantitative estimate of drug-likeness (QED) is 0.280. The van der Waals surface area contributed by atoms with Crippen molar-refractivity contribution >= 4 is 11.6 Å². The molecule has 1 amide bonds. The number of aromatic nitrogens is 1. The van der Waals surface area contributed by atoms with Crippen LogP contribution in [0.25, 0.3) is 0 Å². The fourth-order valence-electron chi connectivity index (χ4n) is 1.27. The number of nitrogens with one attached hydrogen (secondary N) is 2. The van der Waals surface area contributed by atoms with Gasteiger partial charge < -0.3 is 15.8 Å². The first-order valence-electron chi connectivity index (χ1n) is 5.36. The lowest BCUT2D eigenvalue weighted by Crippen LogP contribution is -2.33. The van der Waals surface area contributed by atoms with E-state index in [0.29, 0.717) is 12.2 Å². The zero-order valence-corrected chi connectivity index (χ0v) is 9.68. The van der Waals surface area contributed by atoms with Crippen LogP contribution in [-0.2, 0) is 4.79 Å². The average molecular weight is 236 g/mol. The van der Waals surface area contributed by atoms with Crippen molar-refractivity contribution in [2.45, 2.75) is 6.42 Å². The van der Waals surface area contributed by atoms with Gasteiger partial charge in [-0.15, -0.1) is 0 Å². The van der Waals surface area contributed by atoms with E-state index in [9.17, 15) is 4.79 Å². The van der Waals surface area contributed by atoms with Crippen LogP contribution < -0.4 is 10.6 Å². The molecule has 0 radical (unpaired) electrons. The van der Waals surface area contributed by atoms with Crippen molar-refractivity contribution in [2.24, 2.45) is 5.16 Å². The molecule has 0 atom stereocenters. The highest BCUT2D eigenvalue weighted by Gasteiger charge is 2.14. The molecule has 0 aromatic carbocycles. The van der Waals surface area contributed by atoms with E-state index < -0.39 is 5.91 Å². The molecule has 1 aromatic heterocycles. The Balaban J connectivity index is 2.55.